The molecule has 138 valence electrons. The molecule has 1 aliphatic carbocycles. The fourth-order valence-corrected chi connectivity index (χ4v) is 4.56. The molecule has 2 N–H and O–H groups in total. The molecule has 26 heavy (non-hydrogen) atoms. The van der Waals surface area contributed by atoms with Crippen molar-refractivity contribution in [2.45, 2.75) is 37.0 Å². The van der Waals surface area contributed by atoms with Crippen molar-refractivity contribution in [1.29, 1.82) is 0 Å². The van der Waals surface area contributed by atoms with Gasteiger partial charge in [-0.1, -0.05) is 67.8 Å². The number of hydrogen-bond donors (Lipinski definition) is 2. The molecule has 0 saturated heterocycles. The minimum Gasteiger partial charge on any atom is -0.337 e. The number of sulfonamides is 1. The molecule has 1 aliphatic rings. The molecule has 0 aromatic heterocycles. The first-order valence-corrected chi connectivity index (χ1v) is 10.5. The number of benzene rings is 2. The van der Waals surface area contributed by atoms with Gasteiger partial charge in [-0.2, -0.15) is 0 Å². The summed E-state index contributed by atoms with van der Waals surface area (Å²) in [5.74, 6) is 0.439. The molecule has 6 heteroatoms. The SMILES string of the molecule is O=C(NCC1CCCCC1)NS(=O)(=O)c1ccccc1-c1ccccc1. The third-order valence-electron chi connectivity index (χ3n) is 4.76. The number of carbonyl (C=O) groups excluding carboxylic acids is 1. The molecule has 0 atom stereocenters. The fraction of sp³-hybridized carbons (Fsp3) is 0.350. The van der Waals surface area contributed by atoms with Gasteiger partial charge in [-0.05, 0) is 30.4 Å². The maximum atomic E-state index is 12.7. The van der Waals surface area contributed by atoms with Gasteiger partial charge in [-0.3, -0.25) is 0 Å². The molecule has 0 aliphatic heterocycles. The molecule has 2 amide bonds. The number of rotatable bonds is 5. The van der Waals surface area contributed by atoms with Crippen LogP contribution in [0.25, 0.3) is 11.1 Å². The summed E-state index contributed by atoms with van der Waals surface area (Å²) in [6.45, 7) is 0.516. The predicted octanol–water partition coefficient (Wildman–Crippen LogP) is 3.92. The van der Waals surface area contributed by atoms with Gasteiger partial charge in [-0.15, -0.1) is 0 Å². The molecule has 0 heterocycles. The molecule has 1 fully saturated rings. The molecular formula is C20H24N2O3S. The van der Waals surface area contributed by atoms with Crippen LogP contribution in [0.4, 0.5) is 4.79 Å². The van der Waals surface area contributed by atoms with Gasteiger partial charge in [0.1, 0.15) is 0 Å². The van der Waals surface area contributed by atoms with Gasteiger partial charge in [0.05, 0.1) is 4.90 Å². The van der Waals surface area contributed by atoms with Crippen LogP contribution >= 0.6 is 0 Å². The fourth-order valence-electron chi connectivity index (χ4n) is 3.40. The van der Waals surface area contributed by atoms with E-state index in [2.05, 4.69) is 10.0 Å². The van der Waals surface area contributed by atoms with Crippen LogP contribution in [-0.4, -0.2) is 21.0 Å². The Morgan fingerprint density at radius 2 is 1.58 bits per heavy atom. The molecule has 0 radical (unpaired) electrons. The lowest BCUT2D eigenvalue weighted by Crippen LogP contribution is -2.41. The topological polar surface area (TPSA) is 75.3 Å². The van der Waals surface area contributed by atoms with E-state index in [0.29, 0.717) is 18.0 Å². The van der Waals surface area contributed by atoms with E-state index in [1.807, 2.05) is 30.3 Å². The molecule has 0 spiro atoms. The summed E-state index contributed by atoms with van der Waals surface area (Å²) in [7, 11) is -3.95. The lowest BCUT2D eigenvalue weighted by Gasteiger charge is -2.21. The van der Waals surface area contributed by atoms with Crippen molar-refractivity contribution >= 4 is 16.1 Å². The monoisotopic (exact) mass is 372 g/mol. The molecule has 3 rings (SSSR count). The Hall–Kier alpha value is -2.34. The van der Waals surface area contributed by atoms with Crippen LogP contribution in [0.5, 0.6) is 0 Å². The smallest absolute Gasteiger partial charge is 0.328 e. The third-order valence-corrected chi connectivity index (χ3v) is 6.15. The van der Waals surface area contributed by atoms with Crippen molar-refractivity contribution in [3.05, 3.63) is 54.6 Å². The van der Waals surface area contributed by atoms with Crippen LogP contribution in [0.2, 0.25) is 0 Å². The van der Waals surface area contributed by atoms with Crippen LogP contribution in [0.1, 0.15) is 32.1 Å². The average Bonchev–Trinajstić information content (AvgIpc) is 2.67. The van der Waals surface area contributed by atoms with E-state index in [-0.39, 0.29) is 4.90 Å². The Morgan fingerprint density at radius 3 is 2.31 bits per heavy atom. The van der Waals surface area contributed by atoms with Crippen LogP contribution < -0.4 is 10.0 Å². The summed E-state index contributed by atoms with van der Waals surface area (Å²) < 4.78 is 27.6. The first-order valence-electron chi connectivity index (χ1n) is 9.01. The lowest BCUT2D eigenvalue weighted by atomic mass is 9.89. The summed E-state index contributed by atoms with van der Waals surface area (Å²) in [6.07, 6.45) is 5.77. The first kappa shape index (κ1) is 18.5. The Morgan fingerprint density at radius 1 is 0.923 bits per heavy atom. The zero-order valence-electron chi connectivity index (χ0n) is 14.6. The molecule has 1 saturated carbocycles. The minimum atomic E-state index is -3.95. The van der Waals surface area contributed by atoms with E-state index in [0.717, 1.165) is 18.4 Å². The third kappa shape index (κ3) is 4.64. The maximum absolute atomic E-state index is 12.7. The van der Waals surface area contributed by atoms with E-state index in [1.54, 1.807) is 18.2 Å². The number of hydrogen-bond acceptors (Lipinski definition) is 3. The van der Waals surface area contributed by atoms with E-state index in [4.69, 9.17) is 0 Å². The summed E-state index contributed by atoms with van der Waals surface area (Å²) in [4.78, 5) is 12.2. The van der Waals surface area contributed by atoms with E-state index < -0.39 is 16.1 Å². The van der Waals surface area contributed by atoms with Gasteiger partial charge in [0.25, 0.3) is 10.0 Å². The Labute approximate surface area is 154 Å². The number of amides is 2. The number of carbonyl (C=O) groups is 1. The van der Waals surface area contributed by atoms with Crippen LogP contribution in [0, 0.1) is 5.92 Å². The zero-order valence-corrected chi connectivity index (χ0v) is 15.5. The number of urea groups is 1. The number of nitrogens with one attached hydrogen (secondary N) is 2. The van der Waals surface area contributed by atoms with E-state index in [9.17, 15) is 13.2 Å². The van der Waals surface area contributed by atoms with Gasteiger partial charge in [0.2, 0.25) is 0 Å². The quantitative estimate of drug-likeness (QED) is 0.835. The first-order chi connectivity index (χ1) is 12.6. The second-order valence-electron chi connectivity index (χ2n) is 6.68. The van der Waals surface area contributed by atoms with Crippen molar-refractivity contribution < 1.29 is 13.2 Å². The van der Waals surface area contributed by atoms with Gasteiger partial charge in [0, 0.05) is 12.1 Å². The highest BCUT2D eigenvalue weighted by molar-refractivity contribution is 7.90. The molecule has 2 aromatic rings. The average molecular weight is 372 g/mol. The molecule has 0 bridgehead atoms. The highest BCUT2D eigenvalue weighted by atomic mass is 32.2. The second-order valence-corrected chi connectivity index (χ2v) is 8.33. The van der Waals surface area contributed by atoms with Crippen molar-refractivity contribution in [2.24, 2.45) is 5.92 Å². The van der Waals surface area contributed by atoms with Crippen molar-refractivity contribution in [1.82, 2.24) is 10.0 Å². The Kier molecular flexibility index (Phi) is 5.93. The highest BCUT2D eigenvalue weighted by Gasteiger charge is 2.22. The van der Waals surface area contributed by atoms with E-state index >= 15 is 0 Å². The maximum Gasteiger partial charge on any atom is 0.328 e. The molecule has 5 nitrogen and oxygen atoms in total. The Bertz CT molecular complexity index is 844. The largest absolute Gasteiger partial charge is 0.337 e. The van der Waals surface area contributed by atoms with Crippen LogP contribution in [0.3, 0.4) is 0 Å². The van der Waals surface area contributed by atoms with Gasteiger partial charge in [-0.25, -0.2) is 17.9 Å². The normalized spacial score (nSPS) is 15.4. The van der Waals surface area contributed by atoms with Crippen molar-refractivity contribution in [2.75, 3.05) is 6.54 Å². The standard InChI is InChI=1S/C20H24N2O3S/c23-20(21-15-16-9-3-1-4-10-16)22-26(24,25)19-14-8-7-13-18(19)17-11-5-2-6-12-17/h2,5-8,11-14,16H,1,3-4,9-10,15H2,(H2,21,22,23). The predicted molar refractivity (Wildman–Crippen MR) is 102 cm³/mol. The minimum absolute atomic E-state index is 0.0963. The Balaban J connectivity index is 1.71. The summed E-state index contributed by atoms with van der Waals surface area (Å²) in [5, 5.41) is 2.71. The summed E-state index contributed by atoms with van der Waals surface area (Å²) in [6, 6.07) is 15.3. The van der Waals surface area contributed by atoms with Gasteiger partial charge < -0.3 is 5.32 Å². The molecular weight excluding hydrogens is 348 g/mol. The van der Waals surface area contributed by atoms with Gasteiger partial charge >= 0.3 is 6.03 Å². The molecule has 2 aromatic carbocycles. The second kappa shape index (κ2) is 8.36. The molecule has 0 unspecified atom stereocenters. The zero-order chi connectivity index (χ0) is 18.4. The van der Waals surface area contributed by atoms with Gasteiger partial charge in [0.15, 0.2) is 0 Å². The summed E-state index contributed by atoms with van der Waals surface area (Å²) in [5.41, 5.74) is 1.36. The van der Waals surface area contributed by atoms with Crippen LogP contribution in [0.15, 0.2) is 59.5 Å². The summed E-state index contributed by atoms with van der Waals surface area (Å²) >= 11 is 0. The van der Waals surface area contributed by atoms with Crippen molar-refractivity contribution in [3.8, 4) is 11.1 Å². The lowest BCUT2D eigenvalue weighted by molar-refractivity contribution is 0.241. The van der Waals surface area contributed by atoms with Crippen LogP contribution in [-0.2, 0) is 10.0 Å². The van der Waals surface area contributed by atoms with Crippen molar-refractivity contribution in [3.63, 3.8) is 0 Å². The van der Waals surface area contributed by atoms with E-state index in [1.165, 1.54) is 25.3 Å². The highest BCUT2D eigenvalue weighted by Crippen LogP contribution is 2.27.